The van der Waals surface area contributed by atoms with Crippen LogP contribution in [0.15, 0.2) is 30.3 Å². The molecule has 0 aromatic heterocycles. The quantitative estimate of drug-likeness (QED) is 0.645. The van der Waals surface area contributed by atoms with Gasteiger partial charge in [0.25, 0.3) is 0 Å². The Hall–Kier alpha value is -0.820. The second-order valence-electron chi connectivity index (χ2n) is 3.51. The van der Waals surface area contributed by atoms with Crippen LogP contribution in [-0.4, -0.2) is 0 Å². The zero-order chi connectivity index (χ0) is 7.90. The highest BCUT2D eigenvalue weighted by molar-refractivity contribution is 5.30. The third-order valence-electron chi connectivity index (χ3n) is 2.67. The fourth-order valence-electron chi connectivity index (χ4n) is 1.60. The van der Waals surface area contributed by atoms with Gasteiger partial charge >= 0.3 is 0 Å². The summed E-state index contributed by atoms with van der Waals surface area (Å²) in [5.74, 6) is 0.657. The topological polar surface area (TPSA) is 26.0 Å². The molecule has 1 aliphatic rings. The predicted octanol–water partition coefficient (Wildman–Crippen LogP) is 1.88. The van der Waals surface area contributed by atoms with Gasteiger partial charge < -0.3 is 5.73 Å². The Kier molecular flexibility index (Phi) is 1.30. The van der Waals surface area contributed by atoms with Crippen LogP contribution in [0.5, 0.6) is 0 Å². The zero-order valence-electron chi connectivity index (χ0n) is 6.75. The summed E-state index contributed by atoms with van der Waals surface area (Å²) in [5.41, 5.74) is 7.40. The smallest absolute Gasteiger partial charge is 0.0439 e. The van der Waals surface area contributed by atoms with Crippen molar-refractivity contribution in [3.05, 3.63) is 35.9 Å². The Bertz CT molecular complexity index is 255. The van der Waals surface area contributed by atoms with E-state index in [2.05, 4.69) is 31.2 Å². The summed E-state index contributed by atoms with van der Waals surface area (Å²) in [6.45, 7) is 2.20. The van der Waals surface area contributed by atoms with E-state index in [0.717, 1.165) is 6.42 Å². The minimum atomic E-state index is 0.00125. The van der Waals surface area contributed by atoms with Crippen LogP contribution in [-0.2, 0) is 5.54 Å². The van der Waals surface area contributed by atoms with Gasteiger partial charge in [-0.3, -0.25) is 0 Å². The first-order valence-corrected chi connectivity index (χ1v) is 4.08. The molecule has 0 amide bonds. The van der Waals surface area contributed by atoms with Crippen molar-refractivity contribution in [2.24, 2.45) is 11.7 Å². The van der Waals surface area contributed by atoms with Gasteiger partial charge in [0.2, 0.25) is 0 Å². The van der Waals surface area contributed by atoms with Gasteiger partial charge in [-0.05, 0) is 17.9 Å². The van der Waals surface area contributed by atoms with E-state index in [1.54, 1.807) is 0 Å². The van der Waals surface area contributed by atoms with Gasteiger partial charge in [0.1, 0.15) is 0 Å². The third-order valence-corrected chi connectivity index (χ3v) is 2.67. The van der Waals surface area contributed by atoms with Crippen molar-refractivity contribution in [1.29, 1.82) is 0 Å². The summed E-state index contributed by atoms with van der Waals surface area (Å²) in [7, 11) is 0. The van der Waals surface area contributed by atoms with Crippen LogP contribution in [0.1, 0.15) is 18.9 Å². The van der Waals surface area contributed by atoms with Crippen LogP contribution in [0.4, 0.5) is 0 Å². The monoisotopic (exact) mass is 147 g/mol. The summed E-state index contributed by atoms with van der Waals surface area (Å²) in [5, 5.41) is 0. The molecule has 0 aliphatic heterocycles. The third kappa shape index (κ3) is 0.962. The maximum Gasteiger partial charge on any atom is 0.0439 e. The van der Waals surface area contributed by atoms with E-state index in [1.807, 2.05) is 6.07 Å². The number of benzene rings is 1. The highest BCUT2D eigenvalue weighted by Gasteiger charge is 2.48. The predicted molar refractivity (Wildman–Crippen MR) is 46.1 cm³/mol. The molecule has 11 heavy (non-hydrogen) atoms. The lowest BCUT2D eigenvalue weighted by Gasteiger charge is -2.09. The van der Waals surface area contributed by atoms with Crippen LogP contribution in [0.25, 0.3) is 0 Å². The van der Waals surface area contributed by atoms with E-state index in [9.17, 15) is 0 Å². The van der Waals surface area contributed by atoms with Crippen LogP contribution < -0.4 is 5.73 Å². The lowest BCUT2D eigenvalue weighted by molar-refractivity contribution is 0.665. The molecule has 58 valence electrons. The second kappa shape index (κ2) is 2.08. The molecule has 2 N–H and O–H groups in total. The molecule has 1 aromatic rings. The Morgan fingerprint density at radius 2 is 1.91 bits per heavy atom. The molecular weight excluding hydrogens is 134 g/mol. The summed E-state index contributed by atoms with van der Waals surface area (Å²) < 4.78 is 0. The minimum Gasteiger partial charge on any atom is -0.321 e. The minimum absolute atomic E-state index is 0.00125. The molecule has 0 radical (unpaired) electrons. The lowest BCUT2D eigenvalue weighted by Crippen LogP contribution is -2.20. The highest BCUT2D eigenvalue weighted by atomic mass is 14.8. The van der Waals surface area contributed by atoms with Crippen molar-refractivity contribution in [2.75, 3.05) is 0 Å². The highest BCUT2D eigenvalue weighted by Crippen LogP contribution is 2.48. The van der Waals surface area contributed by atoms with Crippen LogP contribution in [0, 0.1) is 5.92 Å². The van der Waals surface area contributed by atoms with Gasteiger partial charge in [-0.1, -0.05) is 37.3 Å². The van der Waals surface area contributed by atoms with E-state index in [0.29, 0.717) is 5.92 Å². The molecule has 0 bridgehead atoms. The lowest BCUT2D eigenvalue weighted by atomic mass is 10.0. The van der Waals surface area contributed by atoms with Gasteiger partial charge in [-0.15, -0.1) is 0 Å². The van der Waals surface area contributed by atoms with Crippen LogP contribution in [0.3, 0.4) is 0 Å². The van der Waals surface area contributed by atoms with Crippen LogP contribution >= 0.6 is 0 Å². The van der Waals surface area contributed by atoms with Crippen LogP contribution in [0.2, 0.25) is 0 Å². The normalized spacial score (nSPS) is 35.3. The number of rotatable bonds is 1. The van der Waals surface area contributed by atoms with E-state index >= 15 is 0 Å². The molecule has 0 heterocycles. The van der Waals surface area contributed by atoms with E-state index < -0.39 is 0 Å². The molecule has 1 saturated carbocycles. The molecule has 1 nitrogen and oxygen atoms in total. The molecule has 1 aliphatic carbocycles. The average molecular weight is 147 g/mol. The summed E-state index contributed by atoms with van der Waals surface area (Å²) in [6.07, 6.45) is 1.14. The molecule has 0 spiro atoms. The van der Waals surface area contributed by atoms with E-state index in [4.69, 9.17) is 5.73 Å². The van der Waals surface area contributed by atoms with Crippen molar-refractivity contribution in [1.82, 2.24) is 0 Å². The standard InChI is InChI=1S/C10H13N/c1-8-7-10(8,11)9-5-3-2-4-6-9/h2-6,8H,7,11H2,1H3. The summed E-state index contributed by atoms with van der Waals surface area (Å²) >= 11 is 0. The molecule has 2 rings (SSSR count). The van der Waals surface area contributed by atoms with Gasteiger partial charge in [0.15, 0.2) is 0 Å². The van der Waals surface area contributed by atoms with E-state index in [1.165, 1.54) is 5.56 Å². The molecule has 1 heteroatoms. The number of hydrogen-bond acceptors (Lipinski definition) is 1. The number of hydrogen-bond donors (Lipinski definition) is 1. The second-order valence-corrected chi connectivity index (χ2v) is 3.51. The van der Waals surface area contributed by atoms with Crippen molar-refractivity contribution < 1.29 is 0 Å². The zero-order valence-corrected chi connectivity index (χ0v) is 6.75. The fraction of sp³-hybridized carbons (Fsp3) is 0.400. The van der Waals surface area contributed by atoms with Crippen molar-refractivity contribution in [3.8, 4) is 0 Å². The van der Waals surface area contributed by atoms with Crippen molar-refractivity contribution >= 4 is 0 Å². The van der Waals surface area contributed by atoms with E-state index in [-0.39, 0.29) is 5.54 Å². The first-order chi connectivity index (χ1) is 5.23. The Morgan fingerprint density at radius 1 is 1.36 bits per heavy atom. The molecular formula is C10H13N. The average Bonchev–Trinajstić information content (AvgIpc) is 2.64. The van der Waals surface area contributed by atoms with Gasteiger partial charge in [0.05, 0.1) is 0 Å². The largest absolute Gasteiger partial charge is 0.321 e. The SMILES string of the molecule is CC1CC1(N)c1ccccc1. The van der Waals surface area contributed by atoms with Gasteiger partial charge in [-0.25, -0.2) is 0 Å². The summed E-state index contributed by atoms with van der Waals surface area (Å²) in [6, 6.07) is 10.4. The first-order valence-electron chi connectivity index (χ1n) is 4.08. The Labute approximate surface area is 67.2 Å². The Morgan fingerprint density at radius 3 is 2.36 bits per heavy atom. The molecule has 0 saturated heterocycles. The van der Waals surface area contributed by atoms with Crippen molar-refractivity contribution in [3.63, 3.8) is 0 Å². The first kappa shape index (κ1) is 6.86. The molecule has 1 aromatic carbocycles. The Balaban J connectivity index is 2.32. The molecule has 2 atom stereocenters. The van der Waals surface area contributed by atoms with Gasteiger partial charge in [0, 0.05) is 5.54 Å². The van der Waals surface area contributed by atoms with Gasteiger partial charge in [-0.2, -0.15) is 0 Å². The maximum atomic E-state index is 6.11. The fourth-order valence-corrected chi connectivity index (χ4v) is 1.60. The number of nitrogens with two attached hydrogens (primary N) is 1. The molecule has 2 unspecified atom stereocenters. The molecule has 1 fully saturated rings. The maximum absolute atomic E-state index is 6.11. The summed E-state index contributed by atoms with van der Waals surface area (Å²) in [4.78, 5) is 0. The van der Waals surface area contributed by atoms with Crippen molar-refractivity contribution in [2.45, 2.75) is 18.9 Å².